The monoisotopic (exact) mass is 1110 g/mol. The zero-order chi connectivity index (χ0) is 54.7. The third-order valence-electron chi connectivity index (χ3n) is 17.2. The number of thiophene rings is 2. The summed E-state index contributed by atoms with van der Waals surface area (Å²) in [5.74, 6) is 2.18. The molecular formula is C74H42N8S2. The number of aromatic nitrogens is 8. The SMILES string of the molecule is c1ccc2c(c1)sc1c(-c3ccc4c(c3)c3ccccc3n4-c3ccc(-c4ccc5c(c4)c4ccccc4n5-c4nc(-n5c6ccccc6c6ccccc65)nc5c4sc4ccccc45)cc3)nc(-n3c4ccccc4c4ccccc43)nc12. The van der Waals surface area contributed by atoms with E-state index in [2.05, 4.69) is 273 Å². The molecule has 0 radical (unpaired) electrons. The first-order valence-corrected chi connectivity index (χ1v) is 29.8. The summed E-state index contributed by atoms with van der Waals surface area (Å²) < 4.78 is 13.7. The van der Waals surface area contributed by atoms with Crippen molar-refractivity contribution in [3.8, 4) is 45.8 Å². The van der Waals surface area contributed by atoms with Crippen molar-refractivity contribution in [3.63, 3.8) is 0 Å². The maximum absolute atomic E-state index is 5.63. The van der Waals surface area contributed by atoms with E-state index in [9.17, 15) is 0 Å². The molecule has 8 heterocycles. The second kappa shape index (κ2) is 17.4. The van der Waals surface area contributed by atoms with E-state index in [0.29, 0.717) is 11.9 Å². The fourth-order valence-electron chi connectivity index (χ4n) is 13.5. The summed E-state index contributed by atoms with van der Waals surface area (Å²) in [7, 11) is 0. The molecule has 0 saturated carbocycles. The van der Waals surface area contributed by atoms with Gasteiger partial charge in [-0.15, -0.1) is 22.7 Å². The van der Waals surface area contributed by atoms with E-state index in [0.717, 1.165) is 115 Å². The highest BCUT2D eigenvalue weighted by Gasteiger charge is 2.25. The lowest BCUT2D eigenvalue weighted by Gasteiger charge is -2.13. The summed E-state index contributed by atoms with van der Waals surface area (Å²) in [4.78, 5) is 22.0. The number of para-hydroxylation sites is 6. The zero-order valence-corrected chi connectivity index (χ0v) is 46.3. The quantitative estimate of drug-likeness (QED) is 0.166. The molecule has 8 aromatic heterocycles. The standard InChI is InChI=1S/C74H42N8S2/c1-11-27-59-47(17-1)48-18-2-12-28-60(48)81(59)73-75-67(70-68(76-73)53-23-7-15-31-65(53)83-70)45-36-40-63-56(42-45)51-21-5-9-25-57(51)79(63)46-37-33-43(34-38-46)44-35-39-64-55(41-44)52-22-6-10-26-58(52)80(64)72-71-69(54-24-8-16-32-66(54)84-71)77-74(78-72)82-61-29-13-3-19-49(61)50-20-4-14-30-62(50)82/h1-42H. The maximum Gasteiger partial charge on any atom is 0.237 e. The van der Waals surface area contributed by atoms with E-state index in [1.807, 2.05) is 0 Å². The molecule has 0 N–H and O–H groups in total. The van der Waals surface area contributed by atoms with E-state index in [-0.39, 0.29) is 0 Å². The van der Waals surface area contributed by atoms with Crippen molar-refractivity contribution in [3.05, 3.63) is 255 Å². The molecule has 8 nitrogen and oxygen atoms in total. The number of fused-ring (bicyclic) bond motifs is 18. The molecule has 10 heteroatoms. The van der Waals surface area contributed by atoms with Crippen molar-refractivity contribution in [1.29, 1.82) is 0 Å². The lowest BCUT2D eigenvalue weighted by Crippen LogP contribution is -2.06. The van der Waals surface area contributed by atoms with Gasteiger partial charge in [-0.25, -0.2) is 15.0 Å². The van der Waals surface area contributed by atoms with Crippen molar-refractivity contribution < 1.29 is 0 Å². The van der Waals surface area contributed by atoms with Gasteiger partial charge in [0.15, 0.2) is 5.82 Å². The lowest BCUT2D eigenvalue weighted by molar-refractivity contribution is 0.976. The van der Waals surface area contributed by atoms with Gasteiger partial charge in [0.1, 0.15) is 0 Å². The average molecular weight is 1110 g/mol. The average Bonchev–Trinajstić information content (AvgIpc) is 2.47. The van der Waals surface area contributed by atoms with Crippen LogP contribution in [0.2, 0.25) is 0 Å². The minimum absolute atomic E-state index is 0.647. The van der Waals surface area contributed by atoms with Gasteiger partial charge in [0.2, 0.25) is 11.9 Å². The van der Waals surface area contributed by atoms with E-state index >= 15 is 0 Å². The van der Waals surface area contributed by atoms with Crippen molar-refractivity contribution in [2.75, 3.05) is 0 Å². The van der Waals surface area contributed by atoms with Crippen LogP contribution in [0.5, 0.6) is 0 Å². The molecular weight excluding hydrogens is 1070 g/mol. The van der Waals surface area contributed by atoms with Crippen LogP contribution in [0.3, 0.4) is 0 Å². The third kappa shape index (κ3) is 6.46. The highest BCUT2D eigenvalue weighted by atomic mass is 32.1. The van der Waals surface area contributed by atoms with E-state index in [4.69, 9.17) is 19.9 Å². The molecule has 390 valence electrons. The van der Waals surface area contributed by atoms with Crippen LogP contribution in [-0.2, 0) is 0 Å². The Kier molecular flexibility index (Phi) is 9.49. The molecule has 0 spiro atoms. The Morgan fingerprint density at radius 3 is 1.13 bits per heavy atom. The van der Waals surface area contributed by atoms with Gasteiger partial charge in [-0.3, -0.25) is 13.7 Å². The predicted octanol–water partition coefficient (Wildman–Crippen LogP) is 19.7. The number of rotatable bonds is 6. The Labute approximate surface area is 486 Å². The van der Waals surface area contributed by atoms with Crippen LogP contribution in [-0.4, -0.2) is 38.2 Å². The molecule has 19 rings (SSSR count). The normalized spacial score (nSPS) is 12.3. The van der Waals surface area contributed by atoms with Crippen LogP contribution >= 0.6 is 22.7 Å². The molecule has 19 aromatic rings. The zero-order valence-electron chi connectivity index (χ0n) is 44.6. The van der Waals surface area contributed by atoms with Gasteiger partial charge in [0.05, 0.1) is 70.3 Å². The van der Waals surface area contributed by atoms with Gasteiger partial charge in [-0.1, -0.05) is 170 Å². The lowest BCUT2D eigenvalue weighted by atomic mass is 10.0. The van der Waals surface area contributed by atoms with Gasteiger partial charge in [0.25, 0.3) is 0 Å². The molecule has 84 heavy (non-hydrogen) atoms. The third-order valence-corrected chi connectivity index (χ3v) is 19.6. The molecule has 0 fully saturated rings. The number of hydrogen-bond acceptors (Lipinski definition) is 6. The van der Waals surface area contributed by atoms with Crippen molar-refractivity contribution in [1.82, 2.24) is 38.2 Å². The van der Waals surface area contributed by atoms with Crippen LogP contribution < -0.4 is 0 Å². The first kappa shape index (κ1) is 45.9. The highest BCUT2D eigenvalue weighted by Crippen LogP contribution is 2.45. The van der Waals surface area contributed by atoms with Gasteiger partial charge in [-0.2, -0.15) is 4.98 Å². The van der Waals surface area contributed by atoms with Gasteiger partial charge in [-0.05, 0) is 96.1 Å². The van der Waals surface area contributed by atoms with E-state index < -0.39 is 0 Å². The second-order valence-corrected chi connectivity index (χ2v) is 23.8. The Bertz CT molecular complexity index is 5900. The van der Waals surface area contributed by atoms with E-state index in [1.165, 1.54) is 47.1 Å². The van der Waals surface area contributed by atoms with Crippen LogP contribution in [0.1, 0.15) is 0 Å². The predicted molar refractivity (Wildman–Crippen MR) is 352 cm³/mol. The smallest absolute Gasteiger partial charge is 0.237 e. The van der Waals surface area contributed by atoms with Crippen LogP contribution in [0.15, 0.2) is 255 Å². The first-order chi connectivity index (χ1) is 41.7. The summed E-state index contributed by atoms with van der Waals surface area (Å²) >= 11 is 3.52. The van der Waals surface area contributed by atoms with Crippen LogP contribution in [0, 0.1) is 0 Å². The summed E-state index contributed by atoms with van der Waals surface area (Å²) in [5, 5.41) is 11.7. The molecule has 0 saturated heterocycles. The fraction of sp³-hybridized carbons (Fsp3) is 0. The molecule has 0 atom stereocenters. The molecule has 0 aliphatic carbocycles. The van der Waals surface area contributed by atoms with E-state index in [1.54, 1.807) is 22.7 Å². The first-order valence-electron chi connectivity index (χ1n) is 28.2. The minimum atomic E-state index is 0.647. The van der Waals surface area contributed by atoms with Crippen molar-refractivity contribution >= 4 is 151 Å². The number of hydrogen-bond donors (Lipinski definition) is 0. The minimum Gasteiger partial charge on any atom is -0.309 e. The Hall–Kier alpha value is -10.8. The van der Waals surface area contributed by atoms with Crippen LogP contribution in [0.25, 0.3) is 174 Å². The summed E-state index contributed by atoms with van der Waals surface area (Å²) in [5.41, 5.74) is 16.0. The van der Waals surface area contributed by atoms with Gasteiger partial charge >= 0.3 is 0 Å². The van der Waals surface area contributed by atoms with Gasteiger partial charge < -0.3 is 4.57 Å². The second-order valence-electron chi connectivity index (χ2n) is 21.7. The van der Waals surface area contributed by atoms with Crippen molar-refractivity contribution in [2.24, 2.45) is 0 Å². The van der Waals surface area contributed by atoms with Crippen LogP contribution in [0.4, 0.5) is 0 Å². The number of nitrogens with zero attached hydrogens (tertiary/aromatic N) is 8. The fourth-order valence-corrected chi connectivity index (χ4v) is 15.8. The Morgan fingerprint density at radius 1 is 0.250 bits per heavy atom. The highest BCUT2D eigenvalue weighted by molar-refractivity contribution is 7.26. The largest absolute Gasteiger partial charge is 0.309 e. The molecule has 0 aliphatic rings. The van der Waals surface area contributed by atoms with Crippen molar-refractivity contribution in [2.45, 2.75) is 0 Å². The molecule has 0 bridgehead atoms. The maximum atomic E-state index is 5.63. The number of benzene rings is 11. The summed E-state index contributed by atoms with van der Waals surface area (Å²) in [6, 6.07) is 91.8. The molecule has 0 amide bonds. The Balaban J connectivity index is 0.744. The molecule has 11 aromatic carbocycles. The molecule has 0 aliphatic heterocycles. The van der Waals surface area contributed by atoms with Gasteiger partial charge in [0, 0.05) is 74.5 Å². The Morgan fingerprint density at radius 2 is 0.607 bits per heavy atom. The summed E-state index contributed by atoms with van der Waals surface area (Å²) in [6.45, 7) is 0. The molecule has 0 unspecified atom stereocenters. The topological polar surface area (TPSA) is 71.3 Å². The summed E-state index contributed by atoms with van der Waals surface area (Å²) in [6.07, 6.45) is 0.